The van der Waals surface area contributed by atoms with Crippen LogP contribution < -0.4 is 0 Å². The topological polar surface area (TPSA) is 26.3 Å². The third-order valence-corrected chi connectivity index (χ3v) is 1.09. The Bertz CT molecular complexity index is 82.5. The predicted octanol–water partition coefficient (Wildman–Crippen LogP) is 0.848. The van der Waals surface area contributed by atoms with Crippen LogP contribution >= 0.6 is 11.6 Å². The summed E-state index contributed by atoms with van der Waals surface area (Å²) in [5, 5.41) is 0. The van der Waals surface area contributed by atoms with Gasteiger partial charge in [-0.15, -0.1) is 11.6 Å². The summed E-state index contributed by atoms with van der Waals surface area (Å²) in [5.74, 6) is -0.575. The van der Waals surface area contributed by atoms with Gasteiger partial charge in [-0.2, -0.15) is 0 Å². The van der Waals surface area contributed by atoms with Gasteiger partial charge in [0.2, 0.25) is 0 Å². The molecule has 47 valence electrons. The second kappa shape index (κ2) is 3.72. The molecular formula is C5H8ClO2. The van der Waals surface area contributed by atoms with Gasteiger partial charge in [0, 0.05) is 5.88 Å². The van der Waals surface area contributed by atoms with Gasteiger partial charge in [0.05, 0.1) is 13.0 Å². The zero-order valence-corrected chi connectivity index (χ0v) is 5.44. The number of hydrogen-bond acceptors (Lipinski definition) is 2. The Morgan fingerprint density at radius 3 is 2.62 bits per heavy atom. The van der Waals surface area contributed by atoms with Gasteiger partial charge in [0.25, 0.3) is 0 Å². The number of carbonyl (C=O) groups excluding carboxylic acids is 1. The summed E-state index contributed by atoms with van der Waals surface area (Å²) in [6, 6.07) is 0. The maximum absolute atomic E-state index is 10.4. The molecule has 1 atom stereocenters. The second-order valence-corrected chi connectivity index (χ2v) is 1.68. The molecule has 0 aliphatic carbocycles. The summed E-state index contributed by atoms with van der Waals surface area (Å²) in [6.07, 6.45) is 0. The van der Waals surface area contributed by atoms with Crippen LogP contribution in [0.3, 0.4) is 0 Å². The zero-order valence-electron chi connectivity index (χ0n) is 4.69. The van der Waals surface area contributed by atoms with Gasteiger partial charge in [-0.3, -0.25) is 4.79 Å². The molecule has 0 heterocycles. The first kappa shape index (κ1) is 7.76. The monoisotopic (exact) mass is 135 g/mol. The Balaban J connectivity index is 3.46. The molecule has 0 fully saturated rings. The van der Waals surface area contributed by atoms with Gasteiger partial charge >= 0.3 is 5.97 Å². The standard InChI is InChI=1S/C5H8ClO2/c1-4(3-6)5(7)8-2/h4H,1,3H2,2H3. The van der Waals surface area contributed by atoms with Crippen LogP contribution in [0.15, 0.2) is 0 Å². The molecule has 0 aromatic heterocycles. The highest BCUT2D eigenvalue weighted by Crippen LogP contribution is 1.97. The van der Waals surface area contributed by atoms with Crippen LogP contribution in [-0.4, -0.2) is 19.0 Å². The van der Waals surface area contributed by atoms with Gasteiger partial charge in [0.1, 0.15) is 0 Å². The average molecular weight is 136 g/mol. The molecular weight excluding hydrogens is 128 g/mol. The van der Waals surface area contributed by atoms with Crippen molar-refractivity contribution >= 4 is 17.6 Å². The summed E-state index contributed by atoms with van der Waals surface area (Å²) in [7, 11) is 1.31. The molecule has 0 aromatic rings. The Hall–Kier alpha value is -0.240. The highest BCUT2D eigenvalue weighted by atomic mass is 35.5. The molecule has 0 aromatic carbocycles. The lowest BCUT2D eigenvalue weighted by Crippen LogP contribution is -2.13. The predicted molar refractivity (Wildman–Crippen MR) is 31.6 cm³/mol. The van der Waals surface area contributed by atoms with Crippen molar-refractivity contribution in [1.29, 1.82) is 0 Å². The van der Waals surface area contributed by atoms with Gasteiger partial charge in [-0.25, -0.2) is 0 Å². The van der Waals surface area contributed by atoms with Gasteiger partial charge < -0.3 is 4.74 Å². The first-order chi connectivity index (χ1) is 3.72. The van der Waals surface area contributed by atoms with Crippen molar-refractivity contribution in [2.75, 3.05) is 13.0 Å². The molecule has 0 rings (SSSR count). The molecule has 0 aliphatic rings. The molecule has 0 N–H and O–H groups in total. The Morgan fingerprint density at radius 1 is 2.00 bits per heavy atom. The normalized spacial score (nSPS) is 12.9. The third kappa shape index (κ3) is 2.17. The van der Waals surface area contributed by atoms with E-state index in [-0.39, 0.29) is 11.8 Å². The highest BCUT2D eigenvalue weighted by molar-refractivity contribution is 6.19. The van der Waals surface area contributed by atoms with E-state index in [9.17, 15) is 4.79 Å². The van der Waals surface area contributed by atoms with E-state index in [4.69, 9.17) is 11.6 Å². The SMILES string of the molecule is [CH2]C(CCl)C(=O)OC. The van der Waals surface area contributed by atoms with Gasteiger partial charge in [0.15, 0.2) is 0 Å². The maximum atomic E-state index is 10.4. The fraction of sp³-hybridized carbons (Fsp3) is 0.600. The van der Waals surface area contributed by atoms with Crippen molar-refractivity contribution in [2.24, 2.45) is 5.92 Å². The van der Waals surface area contributed by atoms with Crippen LogP contribution in [0.1, 0.15) is 0 Å². The zero-order chi connectivity index (χ0) is 6.57. The Morgan fingerprint density at radius 2 is 2.50 bits per heavy atom. The third-order valence-electron chi connectivity index (χ3n) is 0.721. The number of carbonyl (C=O) groups is 1. The fourth-order valence-corrected chi connectivity index (χ4v) is 0.356. The number of rotatable bonds is 2. The number of esters is 1. The summed E-state index contributed by atoms with van der Waals surface area (Å²) in [5.41, 5.74) is 0. The van der Waals surface area contributed by atoms with E-state index in [2.05, 4.69) is 11.7 Å². The first-order valence-electron chi connectivity index (χ1n) is 2.19. The number of hydrogen-bond donors (Lipinski definition) is 0. The summed E-state index contributed by atoms with van der Waals surface area (Å²) < 4.78 is 4.32. The van der Waals surface area contributed by atoms with Crippen LogP contribution in [0.5, 0.6) is 0 Å². The largest absolute Gasteiger partial charge is 0.469 e. The van der Waals surface area contributed by atoms with Crippen LogP contribution in [0.25, 0.3) is 0 Å². The molecule has 1 unspecified atom stereocenters. The van der Waals surface area contributed by atoms with Crippen LogP contribution in [0.4, 0.5) is 0 Å². The van der Waals surface area contributed by atoms with E-state index < -0.39 is 5.92 Å². The smallest absolute Gasteiger partial charge is 0.309 e. The minimum Gasteiger partial charge on any atom is -0.469 e. The molecule has 0 saturated carbocycles. The summed E-state index contributed by atoms with van der Waals surface area (Å²) in [4.78, 5) is 10.4. The molecule has 3 heteroatoms. The number of halogens is 1. The minimum absolute atomic E-state index is 0.215. The van der Waals surface area contributed by atoms with Crippen molar-refractivity contribution in [2.45, 2.75) is 0 Å². The van der Waals surface area contributed by atoms with Crippen LogP contribution in [0, 0.1) is 12.8 Å². The Kier molecular flexibility index (Phi) is 3.61. The maximum Gasteiger partial charge on any atom is 0.309 e. The van der Waals surface area contributed by atoms with Crippen molar-refractivity contribution < 1.29 is 9.53 Å². The number of ether oxygens (including phenoxy) is 1. The van der Waals surface area contributed by atoms with Gasteiger partial charge in [-0.05, 0) is 6.92 Å². The lowest BCUT2D eigenvalue weighted by molar-refractivity contribution is -0.143. The van der Waals surface area contributed by atoms with Crippen LogP contribution in [-0.2, 0) is 9.53 Å². The van der Waals surface area contributed by atoms with Crippen molar-refractivity contribution in [3.8, 4) is 0 Å². The van der Waals surface area contributed by atoms with E-state index in [1.165, 1.54) is 7.11 Å². The molecule has 0 bridgehead atoms. The van der Waals surface area contributed by atoms with E-state index in [1.807, 2.05) is 0 Å². The molecule has 0 amide bonds. The fourth-order valence-electron chi connectivity index (χ4n) is 0.230. The lowest BCUT2D eigenvalue weighted by Gasteiger charge is -2.01. The molecule has 1 radical (unpaired) electrons. The lowest BCUT2D eigenvalue weighted by atomic mass is 10.2. The molecule has 2 nitrogen and oxygen atoms in total. The summed E-state index contributed by atoms with van der Waals surface area (Å²) >= 11 is 5.26. The second-order valence-electron chi connectivity index (χ2n) is 1.37. The van der Waals surface area contributed by atoms with E-state index >= 15 is 0 Å². The first-order valence-corrected chi connectivity index (χ1v) is 2.72. The van der Waals surface area contributed by atoms with Crippen molar-refractivity contribution in [3.63, 3.8) is 0 Å². The molecule has 0 saturated heterocycles. The summed E-state index contributed by atoms with van der Waals surface area (Å²) in [6.45, 7) is 3.42. The van der Waals surface area contributed by atoms with E-state index in [1.54, 1.807) is 0 Å². The Labute approximate surface area is 53.8 Å². The minimum atomic E-state index is -0.429. The highest BCUT2D eigenvalue weighted by Gasteiger charge is 2.09. The van der Waals surface area contributed by atoms with Crippen molar-refractivity contribution in [3.05, 3.63) is 6.92 Å². The van der Waals surface area contributed by atoms with Crippen molar-refractivity contribution in [1.82, 2.24) is 0 Å². The average Bonchev–Trinajstić information content (AvgIpc) is 1.84. The van der Waals surface area contributed by atoms with E-state index in [0.29, 0.717) is 0 Å². The molecule has 0 spiro atoms. The molecule has 0 aliphatic heterocycles. The van der Waals surface area contributed by atoms with Crippen LogP contribution in [0.2, 0.25) is 0 Å². The number of alkyl halides is 1. The number of methoxy groups -OCH3 is 1. The molecule has 8 heavy (non-hydrogen) atoms. The quantitative estimate of drug-likeness (QED) is 0.415. The van der Waals surface area contributed by atoms with Gasteiger partial charge in [-0.1, -0.05) is 0 Å². The van der Waals surface area contributed by atoms with E-state index in [0.717, 1.165) is 0 Å².